The molecule has 0 bridgehead atoms. The zero-order valence-electron chi connectivity index (χ0n) is 14.5. The molecule has 3 rings (SSSR count). The fourth-order valence-electron chi connectivity index (χ4n) is 4.06. The zero-order chi connectivity index (χ0) is 18.0. The van der Waals surface area contributed by atoms with Gasteiger partial charge in [0.15, 0.2) is 0 Å². The molecule has 2 unspecified atom stereocenters. The summed E-state index contributed by atoms with van der Waals surface area (Å²) in [6.45, 7) is 0. The number of carbonyl (C=O) groups is 2. The first-order valence-corrected chi connectivity index (χ1v) is 8.91. The van der Waals surface area contributed by atoms with Crippen molar-refractivity contribution in [2.24, 2.45) is 0 Å². The fourth-order valence-corrected chi connectivity index (χ4v) is 4.06. The molecule has 0 aromatic heterocycles. The summed E-state index contributed by atoms with van der Waals surface area (Å²) in [6.07, 6.45) is 4.54. The molecule has 5 nitrogen and oxygen atoms in total. The van der Waals surface area contributed by atoms with Crippen LogP contribution < -0.4 is 5.32 Å². The van der Waals surface area contributed by atoms with Crippen LogP contribution in [0.5, 0.6) is 0 Å². The molecule has 136 valence electrons. The van der Waals surface area contributed by atoms with Crippen molar-refractivity contribution in [3.8, 4) is 0 Å². The molecule has 2 aliphatic rings. The number of halogens is 1. The van der Waals surface area contributed by atoms with Gasteiger partial charge in [-0.3, -0.25) is 9.59 Å². The average molecular weight is 348 g/mol. The molecule has 0 radical (unpaired) electrons. The first-order chi connectivity index (χ1) is 11.9. The second-order valence-electron chi connectivity index (χ2n) is 7.34. The number of hydrogen-bond donors (Lipinski definition) is 2. The number of aliphatic hydroxyl groups is 1. The molecular formula is C19H25FN2O3. The second kappa shape index (κ2) is 7.12. The van der Waals surface area contributed by atoms with Crippen molar-refractivity contribution in [1.29, 1.82) is 0 Å². The molecule has 1 heterocycles. The van der Waals surface area contributed by atoms with Crippen molar-refractivity contribution in [3.05, 3.63) is 35.6 Å². The number of amides is 2. The summed E-state index contributed by atoms with van der Waals surface area (Å²) in [5.74, 6) is -0.628. The SMILES string of the molecule is CN1C(=O)CC(NC(=O)CC2(O)CCCCC2)C1c1ccc(F)cc1. The Morgan fingerprint density at radius 2 is 1.92 bits per heavy atom. The first kappa shape index (κ1) is 17.9. The maximum Gasteiger partial charge on any atom is 0.225 e. The molecule has 6 heteroatoms. The van der Waals surface area contributed by atoms with Gasteiger partial charge in [-0.1, -0.05) is 31.4 Å². The highest BCUT2D eigenvalue weighted by molar-refractivity contribution is 5.83. The zero-order valence-corrected chi connectivity index (χ0v) is 14.5. The molecule has 2 atom stereocenters. The molecule has 1 saturated carbocycles. The summed E-state index contributed by atoms with van der Waals surface area (Å²) in [7, 11) is 1.69. The van der Waals surface area contributed by atoms with Crippen LogP contribution in [-0.4, -0.2) is 40.5 Å². The van der Waals surface area contributed by atoms with E-state index in [1.165, 1.54) is 12.1 Å². The van der Waals surface area contributed by atoms with E-state index in [9.17, 15) is 19.1 Å². The van der Waals surface area contributed by atoms with Crippen LogP contribution in [0.15, 0.2) is 24.3 Å². The van der Waals surface area contributed by atoms with Crippen LogP contribution in [0.4, 0.5) is 4.39 Å². The van der Waals surface area contributed by atoms with E-state index in [1.54, 1.807) is 24.1 Å². The monoisotopic (exact) mass is 348 g/mol. The Kier molecular flexibility index (Phi) is 5.08. The summed E-state index contributed by atoms with van der Waals surface area (Å²) >= 11 is 0. The lowest BCUT2D eigenvalue weighted by molar-refractivity contribution is -0.128. The standard InChI is InChI=1S/C19H25FN2O3/c1-22-17(24)11-15(18(22)13-5-7-14(20)8-6-13)21-16(23)12-19(25)9-3-2-4-10-19/h5-8,15,18,25H,2-4,9-12H2,1H3,(H,21,23). The predicted molar refractivity (Wildman–Crippen MR) is 91.1 cm³/mol. The minimum absolute atomic E-state index is 0.0593. The Morgan fingerprint density at radius 1 is 1.28 bits per heavy atom. The highest BCUT2D eigenvalue weighted by atomic mass is 19.1. The normalized spacial score (nSPS) is 25.9. The minimum atomic E-state index is -0.928. The molecule has 2 fully saturated rings. The molecule has 0 spiro atoms. The van der Waals surface area contributed by atoms with Gasteiger partial charge >= 0.3 is 0 Å². The number of likely N-dealkylation sites (N-methyl/N-ethyl adjacent to an activating group) is 1. The number of nitrogens with one attached hydrogen (secondary N) is 1. The summed E-state index contributed by atoms with van der Waals surface area (Å²) in [5, 5.41) is 13.5. The van der Waals surface area contributed by atoms with Gasteiger partial charge in [0.05, 0.1) is 24.1 Å². The van der Waals surface area contributed by atoms with Gasteiger partial charge in [0.1, 0.15) is 5.82 Å². The number of likely N-dealkylation sites (tertiary alicyclic amines) is 1. The van der Waals surface area contributed by atoms with Gasteiger partial charge < -0.3 is 15.3 Å². The summed E-state index contributed by atoms with van der Waals surface area (Å²) in [5.41, 5.74) is -0.140. The molecular weight excluding hydrogens is 323 g/mol. The Balaban J connectivity index is 1.70. The Morgan fingerprint density at radius 3 is 2.56 bits per heavy atom. The lowest BCUT2D eigenvalue weighted by atomic mass is 9.82. The highest BCUT2D eigenvalue weighted by Crippen LogP contribution is 2.34. The van der Waals surface area contributed by atoms with Crippen molar-refractivity contribution in [2.45, 2.75) is 62.6 Å². The smallest absolute Gasteiger partial charge is 0.225 e. The quantitative estimate of drug-likeness (QED) is 0.877. The van der Waals surface area contributed by atoms with E-state index in [0.717, 1.165) is 24.8 Å². The third-order valence-electron chi connectivity index (χ3n) is 5.42. The van der Waals surface area contributed by atoms with E-state index < -0.39 is 5.60 Å². The average Bonchev–Trinajstić information content (AvgIpc) is 2.82. The Bertz CT molecular complexity index is 641. The van der Waals surface area contributed by atoms with E-state index in [-0.39, 0.29) is 42.6 Å². The van der Waals surface area contributed by atoms with Crippen molar-refractivity contribution in [3.63, 3.8) is 0 Å². The van der Waals surface area contributed by atoms with Crippen LogP contribution in [-0.2, 0) is 9.59 Å². The van der Waals surface area contributed by atoms with Gasteiger partial charge in [-0.25, -0.2) is 4.39 Å². The molecule has 1 aliphatic heterocycles. The number of carbonyl (C=O) groups excluding carboxylic acids is 2. The van der Waals surface area contributed by atoms with Crippen LogP contribution in [0.25, 0.3) is 0 Å². The largest absolute Gasteiger partial charge is 0.389 e. The first-order valence-electron chi connectivity index (χ1n) is 8.91. The fraction of sp³-hybridized carbons (Fsp3) is 0.579. The van der Waals surface area contributed by atoms with Gasteiger partial charge in [0.2, 0.25) is 11.8 Å². The molecule has 1 saturated heterocycles. The highest BCUT2D eigenvalue weighted by Gasteiger charge is 2.40. The van der Waals surface area contributed by atoms with Crippen molar-refractivity contribution in [1.82, 2.24) is 10.2 Å². The van der Waals surface area contributed by atoms with Gasteiger partial charge in [-0.05, 0) is 30.5 Å². The summed E-state index contributed by atoms with van der Waals surface area (Å²) in [4.78, 5) is 26.2. The van der Waals surface area contributed by atoms with E-state index in [1.807, 2.05) is 0 Å². The van der Waals surface area contributed by atoms with Crippen LogP contribution in [0, 0.1) is 5.82 Å². The van der Waals surface area contributed by atoms with Crippen LogP contribution in [0.2, 0.25) is 0 Å². The molecule has 25 heavy (non-hydrogen) atoms. The van der Waals surface area contributed by atoms with Gasteiger partial charge in [0, 0.05) is 13.5 Å². The minimum Gasteiger partial charge on any atom is -0.389 e. The predicted octanol–water partition coefficient (Wildman–Crippen LogP) is 2.30. The molecule has 2 amide bonds. The van der Waals surface area contributed by atoms with E-state index in [4.69, 9.17) is 0 Å². The van der Waals surface area contributed by atoms with Crippen LogP contribution >= 0.6 is 0 Å². The van der Waals surface area contributed by atoms with Gasteiger partial charge in [-0.2, -0.15) is 0 Å². The molecule has 1 aromatic carbocycles. The van der Waals surface area contributed by atoms with Gasteiger partial charge in [-0.15, -0.1) is 0 Å². The number of benzene rings is 1. The van der Waals surface area contributed by atoms with E-state index in [2.05, 4.69) is 5.32 Å². The third-order valence-corrected chi connectivity index (χ3v) is 5.42. The third kappa shape index (κ3) is 4.00. The number of rotatable bonds is 4. The second-order valence-corrected chi connectivity index (χ2v) is 7.34. The van der Waals surface area contributed by atoms with E-state index in [0.29, 0.717) is 12.8 Å². The number of nitrogens with zero attached hydrogens (tertiary/aromatic N) is 1. The lowest BCUT2D eigenvalue weighted by Crippen LogP contribution is -2.43. The van der Waals surface area contributed by atoms with Crippen LogP contribution in [0.1, 0.15) is 56.6 Å². The van der Waals surface area contributed by atoms with Crippen LogP contribution in [0.3, 0.4) is 0 Å². The van der Waals surface area contributed by atoms with E-state index >= 15 is 0 Å². The Labute approximate surface area is 147 Å². The van der Waals surface area contributed by atoms with Crippen molar-refractivity contribution >= 4 is 11.8 Å². The topological polar surface area (TPSA) is 69.6 Å². The molecule has 2 N–H and O–H groups in total. The summed E-state index contributed by atoms with van der Waals surface area (Å²) < 4.78 is 13.2. The lowest BCUT2D eigenvalue weighted by Gasteiger charge is -2.32. The molecule has 1 aliphatic carbocycles. The van der Waals surface area contributed by atoms with Crippen molar-refractivity contribution < 1.29 is 19.1 Å². The maximum atomic E-state index is 13.2. The Hall–Kier alpha value is -1.95. The maximum absolute atomic E-state index is 13.2. The van der Waals surface area contributed by atoms with Crippen molar-refractivity contribution in [2.75, 3.05) is 7.05 Å². The van der Waals surface area contributed by atoms with Gasteiger partial charge in [0.25, 0.3) is 0 Å². The number of hydrogen-bond acceptors (Lipinski definition) is 3. The molecule has 1 aromatic rings. The summed E-state index contributed by atoms with van der Waals surface area (Å²) in [6, 6.07) is 5.30.